The van der Waals surface area contributed by atoms with Crippen molar-refractivity contribution in [3.63, 3.8) is 0 Å². The van der Waals surface area contributed by atoms with Gasteiger partial charge in [-0.05, 0) is 24.7 Å². The third kappa shape index (κ3) is 6.71. The first kappa shape index (κ1) is 14.3. The van der Waals surface area contributed by atoms with Crippen LogP contribution in [0.5, 0.6) is 0 Å². The van der Waals surface area contributed by atoms with E-state index >= 15 is 0 Å². The van der Waals surface area contributed by atoms with Crippen LogP contribution in [0.2, 0.25) is 0 Å². The summed E-state index contributed by atoms with van der Waals surface area (Å²) in [5.41, 5.74) is 0. The fourth-order valence-electron chi connectivity index (χ4n) is 2.18. The lowest BCUT2D eigenvalue weighted by molar-refractivity contribution is 0.0684. The Hall–Kier alpha value is 0.200. The van der Waals surface area contributed by atoms with Crippen molar-refractivity contribution in [3.8, 4) is 0 Å². The Morgan fingerprint density at radius 1 is 1.31 bits per heavy atom. The molecule has 5 heteroatoms. The molecule has 1 aliphatic rings. The Kier molecular flexibility index (Phi) is 6.08. The van der Waals surface area contributed by atoms with Gasteiger partial charge < -0.3 is 4.74 Å². The maximum Gasteiger partial charge on any atom is 0.232 e. The van der Waals surface area contributed by atoms with E-state index in [-0.39, 0.29) is 11.7 Å². The molecule has 0 aromatic carbocycles. The zero-order valence-electron chi connectivity index (χ0n) is 9.82. The third-order valence-corrected chi connectivity index (χ3v) is 4.31. The minimum Gasteiger partial charge on any atom is -0.381 e. The van der Waals surface area contributed by atoms with Crippen LogP contribution in [0.3, 0.4) is 0 Å². The van der Waals surface area contributed by atoms with E-state index in [0.29, 0.717) is 12.5 Å². The number of hydrogen-bond donors (Lipinski definition) is 0. The molecule has 0 aliphatic heterocycles. The maximum atomic E-state index is 10.8. The van der Waals surface area contributed by atoms with Crippen molar-refractivity contribution in [3.05, 3.63) is 0 Å². The van der Waals surface area contributed by atoms with Crippen molar-refractivity contribution < 1.29 is 13.2 Å². The van der Waals surface area contributed by atoms with Crippen LogP contribution in [0, 0.1) is 11.8 Å². The second-order valence-corrected chi connectivity index (χ2v) is 7.67. The number of hydrogen-bond acceptors (Lipinski definition) is 3. The Balaban J connectivity index is 2.10. The van der Waals surface area contributed by atoms with Gasteiger partial charge in [-0.3, -0.25) is 0 Å². The standard InChI is InChI=1S/C11H21ClO3S/c1-10(9-16(12,13)14)7-15-8-11-5-3-2-4-6-11/h10-11H,2-9H2,1H3. The summed E-state index contributed by atoms with van der Waals surface area (Å²) in [6, 6.07) is 0. The van der Waals surface area contributed by atoms with E-state index in [4.69, 9.17) is 15.4 Å². The Bertz CT molecular complexity index is 284. The first-order valence-electron chi connectivity index (χ1n) is 5.97. The van der Waals surface area contributed by atoms with Crippen LogP contribution in [-0.2, 0) is 13.8 Å². The quantitative estimate of drug-likeness (QED) is 0.696. The van der Waals surface area contributed by atoms with Gasteiger partial charge in [0.05, 0.1) is 12.4 Å². The summed E-state index contributed by atoms with van der Waals surface area (Å²) < 4.78 is 27.2. The van der Waals surface area contributed by atoms with Gasteiger partial charge in [-0.2, -0.15) is 0 Å². The number of halogens is 1. The molecule has 0 heterocycles. The van der Waals surface area contributed by atoms with Crippen molar-refractivity contribution in [2.75, 3.05) is 19.0 Å². The molecule has 0 saturated heterocycles. The highest BCUT2D eigenvalue weighted by Gasteiger charge is 2.16. The fraction of sp³-hybridized carbons (Fsp3) is 1.00. The van der Waals surface area contributed by atoms with E-state index in [1.54, 1.807) is 0 Å². The monoisotopic (exact) mass is 268 g/mol. The predicted octanol–water partition coefficient (Wildman–Crippen LogP) is 2.79. The Morgan fingerprint density at radius 2 is 1.94 bits per heavy atom. The predicted molar refractivity (Wildman–Crippen MR) is 66.2 cm³/mol. The van der Waals surface area contributed by atoms with Crippen molar-refractivity contribution in [1.29, 1.82) is 0 Å². The van der Waals surface area contributed by atoms with Crippen LogP contribution >= 0.6 is 10.7 Å². The molecule has 0 amide bonds. The van der Waals surface area contributed by atoms with E-state index < -0.39 is 9.05 Å². The first-order valence-corrected chi connectivity index (χ1v) is 8.45. The number of rotatable bonds is 6. The van der Waals surface area contributed by atoms with Gasteiger partial charge in [-0.15, -0.1) is 0 Å². The molecule has 3 nitrogen and oxygen atoms in total. The second kappa shape index (κ2) is 6.82. The van der Waals surface area contributed by atoms with E-state index in [1.807, 2.05) is 6.92 Å². The molecular weight excluding hydrogens is 248 g/mol. The second-order valence-electron chi connectivity index (χ2n) is 4.85. The summed E-state index contributed by atoms with van der Waals surface area (Å²) in [4.78, 5) is 0. The van der Waals surface area contributed by atoms with Crippen molar-refractivity contribution in [2.24, 2.45) is 11.8 Å². The summed E-state index contributed by atoms with van der Waals surface area (Å²) in [6.07, 6.45) is 6.46. The molecule has 96 valence electrons. The SMILES string of the molecule is CC(COCC1CCCCC1)CS(=O)(=O)Cl. The van der Waals surface area contributed by atoms with E-state index in [2.05, 4.69) is 0 Å². The van der Waals surface area contributed by atoms with Gasteiger partial charge in [0.25, 0.3) is 0 Å². The molecule has 16 heavy (non-hydrogen) atoms. The largest absolute Gasteiger partial charge is 0.381 e. The normalized spacial score (nSPS) is 20.9. The lowest BCUT2D eigenvalue weighted by Crippen LogP contribution is -2.19. The van der Waals surface area contributed by atoms with E-state index in [0.717, 1.165) is 6.61 Å². The molecule has 1 unspecified atom stereocenters. The van der Waals surface area contributed by atoms with Gasteiger partial charge in [0.15, 0.2) is 0 Å². The third-order valence-electron chi connectivity index (χ3n) is 2.96. The van der Waals surface area contributed by atoms with E-state index in [1.165, 1.54) is 32.1 Å². The lowest BCUT2D eigenvalue weighted by Gasteiger charge is -2.22. The Labute approximate surface area is 103 Å². The highest BCUT2D eigenvalue weighted by molar-refractivity contribution is 8.13. The minimum atomic E-state index is -3.39. The molecule has 1 aliphatic carbocycles. The summed E-state index contributed by atoms with van der Waals surface area (Å²) in [6.45, 7) is 3.11. The van der Waals surface area contributed by atoms with Gasteiger partial charge in [-0.1, -0.05) is 26.2 Å². The molecular formula is C11H21ClO3S. The van der Waals surface area contributed by atoms with E-state index in [9.17, 15) is 8.42 Å². The molecule has 1 saturated carbocycles. The first-order chi connectivity index (χ1) is 7.47. The molecule has 0 radical (unpaired) electrons. The molecule has 0 aromatic rings. The summed E-state index contributed by atoms with van der Waals surface area (Å²) >= 11 is 0. The van der Waals surface area contributed by atoms with Crippen LogP contribution < -0.4 is 0 Å². The minimum absolute atomic E-state index is 0.000772. The molecule has 1 rings (SSSR count). The summed E-state index contributed by atoms with van der Waals surface area (Å²) in [5.74, 6) is 0.652. The van der Waals surface area contributed by atoms with Gasteiger partial charge >= 0.3 is 0 Å². The molecule has 0 aromatic heterocycles. The van der Waals surface area contributed by atoms with Crippen LogP contribution in [0.25, 0.3) is 0 Å². The van der Waals surface area contributed by atoms with Gasteiger partial charge in [0, 0.05) is 17.3 Å². The molecule has 1 atom stereocenters. The molecule has 1 fully saturated rings. The highest BCUT2D eigenvalue weighted by Crippen LogP contribution is 2.23. The van der Waals surface area contributed by atoms with Crippen LogP contribution in [0.15, 0.2) is 0 Å². The molecule has 0 N–H and O–H groups in total. The van der Waals surface area contributed by atoms with Crippen molar-refractivity contribution in [1.82, 2.24) is 0 Å². The average molecular weight is 269 g/mol. The number of ether oxygens (including phenoxy) is 1. The fourth-order valence-corrected chi connectivity index (χ4v) is 3.60. The average Bonchev–Trinajstić information content (AvgIpc) is 2.16. The van der Waals surface area contributed by atoms with Crippen LogP contribution in [-0.4, -0.2) is 27.4 Å². The van der Waals surface area contributed by atoms with Gasteiger partial charge in [0.2, 0.25) is 9.05 Å². The topological polar surface area (TPSA) is 43.4 Å². The zero-order valence-corrected chi connectivity index (χ0v) is 11.4. The highest BCUT2D eigenvalue weighted by atomic mass is 35.7. The van der Waals surface area contributed by atoms with Crippen LogP contribution in [0.4, 0.5) is 0 Å². The van der Waals surface area contributed by atoms with Crippen molar-refractivity contribution in [2.45, 2.75) is 39.0 Å². The Morgan fingerprint density at radius 3 is 2.50 bits per heavy atom. The van der Waals surface area contributed by atoms with Gasteiger partial charge in [0.1, 0.15) is 0 Å². The van der Waals surface area contributed by atoms with Crippen LogP contribution in [0.1, 0.15) is 39.0 Å². The lowest BCUT2D eigenvalue weighted by atomic mass is 9.90. The zero-order chi connectivity index (χ0) is 12.0. The maximum absolute atomic E-state index is 10.8. The molecule has 0 spiro atoms. The summed E-state index contributed by atoms with van der Waals surface area (Å²) in [5, 5.41) is 0. The summed E-state index contributed by atoms with van der Waals surface area (Å²) in [7, 11) is 1.79. The van der Waals surface area contributed by atoms with Gasteiger partial charge in [-0.25, -0.2) is 8.42 Å². The molecule has 0 bridgehead atoms. The smallest absolute Gasteiger partial charge is 0.232 e. The van der Waals surface area contributed by atoms with Crippen molar-refractivity contribution >= 4 is 19.7 Å².